The van der Waals surface area contributed by atoms with Crippen LogP contribution < -0.4 is 10.7 Å². The number of nitrogens with zero attached hydrogens (tertiary/aromatic N) is 2. The average molecular weight is 439 g/mol. The standard InChI is InChI=1S/C28H30N4O/c33-28(31-29-18-26-7-4-12-32(26)25-5-2-1-3-6-25)30-24-10-8-21(9-11-24)27-22-14-19-13-20(16-22)17-23(27)15-19/h1-12,18-20,22-23,27H,13-17H2,(H2,30,31,33)/b29-18+. The predicted octanol–water partition coefficient (Wildman–Crippen LogP) is 6.17. The third-order valence-electron chi connectivity index (χ3n) is 7.96. The van der Waals surface area contributed by atoms with Crippen molar-refractivity contribution in [2.45, 2.75) is 38.0 Å². The molecule has 0 spiro atoms. The minimum Gasteiger partial charge on any atom is -0.316 e. The number of carbonyl (C=O) groups is 1. The van der Waals surface area contributed by atoms with E-state index < -0.39 is 0 Å². The van der Waals surface area contributed by atoms with Gasteiger partial charge in [-0.2, -0.15) is 5.10 Å². The van der Waals surface area contributed by atoms with Crippen molar-refractivity contribution in [3.8, 4) is 5.69 Å². The van der Waals surface area contributed by atoms with E-state index in [0.717, 1.165) is 40.7 Å². The molecule has 4 bridgehead atoms. The van der Waals surface area contributed by atoms with Gasteiger partial charge < -0.3 is 9.88 Å². The van der Waals surface area contributed by atoms with Gasteiger partial charge in [-0.15, -0.1) is 0 Å². The maximum absolute atomic E-state index is 12.3. The van der Waals surface area contributed by atoms with Crippen molar-refractivity contribution in [1.29, 1.82) is 0 Å². The lowest BCUT2D eigenvalue weighted by Gasteiger charge is -2.54. The first kappa shape index (κ1) is 20.3. The highest BCUT2D eigenvalue weighted by Gasteiger charge is 2.48. The Hall–Kier alpha value is -3.34. The molecular weight excluding hydrogens is 408 g/mol. The third kappa shape index (κ3) is 4.08. The Morgan fingerprint density at radius 3 is 2.24 bits per heavy atom. The molecule has 2 amide bonds. The van der Waals surface area contributed by atoms with Crippen LogP contribution in [-0.4, -0.2) is 16.8 Å². The van der Waals surface area contributed by atoms with Crippen molar-refractivity contribution in [2.75, 3.05) is 5.32 Å². The number of hydrogen-bond acceptors (Lipinski definition) is 2. The van der Waals surface area contributed by atoms with Crippen molar-refractivity contribution in [1.82, 2.24) is 9.99 Å². The maximum atomic E-state index is 12.3. The third-order valence-corrected chi connectivity index (χ3v) is 7.96. The lowest BCUT2D eigenvalue weighted by atomic mass is 9.51. The number of nitrogens with one attached hydrogen (secondary N) is 2. The molecule has 1 heterocycles. The molecule has 7 rings (SSSR count). The van der Waals surface area contributed by atoms with Crippen LogP contribution in [-0.2, 0) is 0 Å². The molecule has 0 aliphatic heterocycles. The Bertz CT molecular complexity index is 1120. The quantitative estimate of drug-likeness (QED) is 0.363. The van der Waals surface area contributed by atoms with E-state index in [1.54, 1.807) is 6.21 Å². The summed E-state index contributed by atoms with van der Waals surface area (Å²) in [4.78, 5) is 12.3. The smallest absolute Gasteiger partial charge is 0.316 e. The fourth-order valence-electron chi connectivity index (χ4n) is 6.90. The van der Waals surface area contributed by atoms with Crippen molar-refractivity contribution in [2.24, 2.45) is 28.8 Å². The van der Waals surface area contributed by atoms with Crippen molar-refractivity contribution < 1.29 is 4.79 Å². The van der Waals surface area contributed by atoms with Gasteiger partial charge in [0.1, 0.15) is 0 Å². The second-order valence-electron chi connectivity index (χ2n) is 10.0. The van der Waals surface area contributed by atoms with Gasteiger partial charge in [-0.1, -0.05) is 30.3 Å². The van der Waals surface area contributed by atoms with Crippen LogP contribution in [0.15, 0.2) is 78.0 Å². The van der Waals surface area contributed by atoms with Gasteiger partial charge in [0.25, 0.3) is 0 Å². The van der Waals surface area contributed by atoms with Gasteiger partial charge in [-0.05, 0) is 104 Å². The summed E-state index contributed by atoms with van der Waals surface area (Å²) < 4.78 is 2.02. The summed E-state index contributed by atoms with van der Waals surface area (Å²) in [6.45, 7) is 0. The van der Waals surface area contributed by atoms with Gasteiger partial charge in [0.05, 0.1) is 11.9 Å². The van der Waals surface area contributed by atoms with Crippen LogP contribution in [0.4, 0.5) is 10.5 Å². The Balaban J connectivity index is 1.06. The lowest BCUT2D eigenvalue weighted by Crippen LogP contribution is -2.43. The zero-order valence-corrected chi connectivity index (χ0v) is 18.7. The Morgan fingerprint density at radius 2 is 1.55 bits per heavy atom. The molecule has 0 atom stereocenters. The van der Waals surface area contributed by atoms with Crippen LogP contribution in [0.1, 0.15) is 49.3 Å². The van der Waals surface area contributed by atoms with Gasteiger partial charge in [0.15, 0.2) is 0 Å². The summed E-state index contributed by atoms with van der Waals surface area (Å²) in [5.41, 5.74) is 6.76. The molecule has 0 unspecified atom stereocenters. The van der Waals surface area contributed by atoms with Crippen LogP contribution >= 0.6 is 0 Å². The summed E-state index contributed by atoms with van der Waals surface area (Å²) in [7, 11) is 0. The number of hydrogen-bond donors (Lipinski definition) is 2. The first-order chi connectivity index (χ1) is 16.2. The molecule has 2 aromatic carbocycles. The van der Waals surface area contributed by atoms with E-state index in [1.807, 2.05) is 65.4 Å². The van der Waals surface area contributed by atoms with E-state index in [1.165, 1.54) is 37.7 Å². The number of para-hydroxylation sites is 1. The maximum Gasteiger partial charge on any atom is 0.339 e. The first-order valence-electron chi connectivity index (χ1n) is 12.2. The van der Waals surface area contributed by atoms with Gasteiger partial charge in [0, 0.05) is 17.6 Å². The van der Waals surface area contributed by atoms with Crippen molar-refractivity contribution >= 4 is 17.9 Å². The number of urea groups is 1. The summed E-state index contributed by atoms with van der Waals surface area (Å²) in [6, 6.07) is 22.1. The van der Waals surface area contributed by atoms with Gasteiger partial charge in [-0.25, -0.2) is 10.2 Å². The Morgan fingerprint density at radius 1 is 0.848 bits per heavy atom. The SMILES string of the molecule is O=C(N/N=C/c1cccn1-c1ccccc1)Nc1ccc(C2C3CC4CC(C3)CC2C4)cc1. The molecule has 4 saturated carbocycles. The number of benzene rings is 2. The van der Waals surface area contributed by atoms with E-state index in [0.29, 0.717) is 5.92 Å². The Kier molecular flexibility index (Phi) is 5.25. The molecule has 33 heavy (non-hydrogen) atoms. The van der Waals surface area contributed by atoms with Gasteiger partial charge in [0.2, 0.25) is 0 Å². The molecule has 5 nitrogen and oxygen atoms in total. The molecule has 1 aromatic heterocycles. The number of carbonyl (C=O) groups excluding carboxylic acids is 1. The number of anilines is 1. The number of rotatable bonds is 5. The summed E-state index contributed by atoms with van der Waals surface area (Å²) in [5, 5.41) is 7.02. The molecule has 0 saturated heterocycles. The van der Waals surface area contributed by atoms with Crippen LogP contribution in [0.2, 0.25) is 0 Å². The largest absolute Gasteiger partial charge is 0.339 e. The second kappa shape index (κ2) is 8.54. The highest BCUT2D eigenvalue weighted by Crippen LogP contribution is 2.59. The zero-order valence-electron chi connectivity index (χ0n) is 18.7. The van der Waals surface area contributed by atoms with E-state index >= 15 is 0 Å². The molecule has 0 radical (unpaired) electrons. The summed E-state index contributed by atoms with van der Waals surface area (Å²) in [5.74, 6) is 4.43. The number of aromatic nitrogens is 1. The van der Waals surface area contributed by atoms with Crippen LogP contribution in [0, 0.1) is 23.7 Å². The summed E-state index contributed by atoms with van der Waals surface area (Å²) in [6.07, 6.45) is 10.8. The molecule has 4 aliphatic rings. The van der Waals surface area contributed by atoms with Crippen LogP contribution in [0.5, 0.6) is 0 Å². The summed E-state index contributed by atoms with van der Waals surface area (Å²) >= 11 is 0. The van der Waals surface area contributed by atoms with Crippen molar-refractivity contribution in [3.05, 3.63) is 84.2 Å². The average Bonchev–Trinajstić information content (AvgIpc) is 3.29. The molecular formula is C28H30N4O. The minimum absolute atomic E-state index is 0.341. The van der Waals surface area contributed by atoms with E-state index in [4.69, 9.17) is 0 Å². The monoisotopic (exact) mass is 438 g/mol. The molecule has 3 aromatic rings. The molecule has 5 heteroatoms. The van der Waals surface area contributed by atoms with Crippen molar-refractivity contribution in [3.63, 3.8) is 0 Å². The highest BCUT2D eigenvalue weighted by molar-refractivity contribution is 5.90. The minimum atomic E-state index is -0.341. The number of hydrazone groups is 1. The first-order valence-corrected chi connectivity index (χ1v) is 12.2. The van der Waals surface area contributed by atoms with Gasteiger partial charge in [-0.3, -0.25) is 0 Å². The van der Waals surface area contributed by atoms with E-state index in [9.17, 15) is 4.79 Å². The van der Waals surface area contributed by atoms with Crippen LogP contribution in [0.3, 0.4) is 0 Å². The molecule has 2 N–H and O–H groups in total. The fraction of sp³-hybridized carbons (Fsp3) is 0.357. The zero-order chi connectivity index (χ0) is 22.2. The molecule has 4 fully saturated rings. The van der Waals surface area contributed by atoms with Crippen LogP contribution in [0.25, 0.3) is 5.69 Å². The second-order valence-corrected chi connectivity index (χ2v) is 10.0. The van der Waals surface area contributed by atoms with Gasteiger partial charge >= 0.3 is 6.03 Å². The normalized spacial score (nSPS) is 27.7. The lowest BCUT2D eigenvalue weighted by molar-refractivity contribution is -0.00277. The highest BCUT2D eigenvalue weighted by atomic mass is 16.2. The Labute approximate surface area is 194 Å². The predicted molar refractivity (Wildman–Crippen MR) is 132 cm³/mol. The number of amides is 2. The molecule has 4 aliphatic carbocycles. The molecule has 168 valence electrons. The van der Waals surface area contributed by atoms with E-state index in [2.05, 4.69) is 28.0 Å². The van der Waals surface area contributed by atoms with E-state index in [-0.39, 0.29) is 6.03 Å². The topological polar surface area (TPSA) is 58.4 Å². The fourth-order valence-corrected chi connectivity index (χ4v) is 6.90.